The van der Waals surface area contributed by atoms with Crippen LogP contribution < -0.4 is 0 Å². The average molecular weight is 197 g/mol. The fourth-order valence-electron chi connectivity index (χ4n) is 1.51. The Balaban J connectivity index is 2.60. The molecule has 13 heavy (non-hydrogen) atoms. The topological polar surface area (TPSA) is 33.2 Å². The van der Waals surface area contributed by atoms with Crippen molar-refractivity contribution < 1.29 is 4.79 Å². The zero-order chi connectivity index (χ0) is 9.59. The molecule has 2 heterocycles. The number of carbonyl (C=O) groups is 1. The smallest absolute Gasteiger partial charge is 0.273 e. The van der Waals surface area contributed by atoms with Crippen LogP contribution in [0.3, 0.4) is 0 Å². The molecular formula is C9H9ClN2O. The minimum atomic E-state index is -0.0509. The number of aromatic nitrogens is 1. The van der Waals surface area contributed by atoms with Crippen molar-refractivity contribution in [1.82, 2.24) is 9.88 Å². The molecule has 1 unspecified atom stereocenters. The molecule has 1 aromatic heterocycles. The van der Waals surface area contributed by atoms with Crippen LogP contribution in [-0.2, 0) is 0 Å². The van der Waals surface area contributed by atoms with Crippen LogP contribution in [-0.4, -0.2) is 22.8 Å². The molecular weight excluding hydrogens is 188 g/mol. The van der Waals surface area contributed by atoms with Crippen LogP contribution >= 0.6 is 11.6 Å². The van der Waals surface area contributed by atoms with Gasteiger partial charge in [0, 0.05) is 12.6 Å². The molecule has 0 fully saturated rings. The molecule has 1 amide bonds. The van der Waals surface area contributed by atoms with E-state index in [9.17, 15) is 4.79 Å². The lowest BCUT2D eigenvalue weighted by Gasteiger charge is -2.14. The molecule has 1 atom stereocenters. The summed E-state index contributed by atoms with van der Waals surface area (Å²) in [5, 5.41) is 0.370. The number of pyridine rings is 1. The molecule has 1 aliphatic heterocycles. The van der Waals surface area contributed by atoms with Gasteiger partial charge in [0.25, 0.3) is 5.91 Å². The first kappa shape index (κ1) is 8.51. The van der Waals surface area contributed by atoms with E-state index in [0.29, 0.717) is 10.8 Å². The van der Waals surface area contributed by atoms with Gasteiger partial charge in [-0.3, -0.25) is 4.79 Å². The van der Waals surface area contributed by atoms with Gasteiger partial charge in [0.05, 0.1) is 6.04 Å². The predicted molar refractivity (Wildman–Crippen MR) is 49.8 cm³/mol. The maximum atomic E-state index is 11.6. The lowest BCUT2D eigenvalue weighted by molar-refractivity contribution is 0.0780. The van der Waals surface area contributed by atoms with Gasteiger partial charge < -0.3 is 4.90 Å². The fraction of sp³-hybridized carbons (Fsp3) is 0.333. The molecule has 2 rings (SSSR count). The summed E-state index contributed by atoms with van der Waals surface area (Å²) < 4.78 is 0. The van der Waals surface area contributed by atoms with Crippen LogP contribution in [0, 0.1) is 0 Å². The Kier molecular flexibility index (Phi) is 1.77. The first-order valence-corrected chi connectivity index (χ1v) is 4.42. The van der Waals surface area contributed by atoms with E-state index in [1.165, 1.54) is 0 Å². The molecule has 0 spiro atoms. The number of hydrogen-bond acceptors (Lipinski definition) is 2. The molecule has 0 bridgehead atoms. The summed E-state index contributed by atoms with van der Waals surface area (Å²) >= 11 is 5.70. The molecule has 1 aromatic rings. The Labute approximate surface area is 81.3 Å². The Morgan fingerprint density at radius 1 is 1.54 bits per heavy atom. The van der Waals surface area contributed by atoms with Crippen molar-refractivity contribution in [2.75, 3.05) is 7.05 Å². The molecule has 68 valence electrons. The van der Waals surface area contributed by atoms with Crippen molar-refractivity contribution >= 4 is 17.5 Å². The highest BCUT2D eigenvalue weighted by Crippen LogP contribution is 2.31. The lowest BCUT2D eigenvalue weighted by atomic mass is 10.1. The summed E-state index contributed by atoms with van der Waals surface area (Å²) in [4.78, 5) is 17.2. The zero-order valence-electron chi connectivity index (χ0n) is 7.41. The monoisotopic (exact) mass is 196 g/mol. The maximum absolute atomic E-state index is 11.6. The number of fused-ring (bicyclic) bond motifs is 1. The van der Waals surface area contributed by atoms with Gasteiger partial charge >= 0.3 is 0 Å². The molecule has 3 nitrogen and oxygen atoms in total. The van der Waals surface area contributed by atoms with Crippen LogP contribution in [0.25, 0.3) is 0 Å². The summed E-state index contributed by atoms with van der Waals surface area (Å²) in [5.41, 5.74) is 1.44. The van der Waals surface area contributed by atoms with Crippen molar-refractivity contribution in [3.8, 4) is 0 Å². The van der Waals surface area contributed by atoms with E-state index in [1.54, 1.807) is 18.0 Å². The summed E-state index contributed by atoms with van der Waals surface area (Å²) in [7, 11) is 1.77. The Morgan fingerprint density at radius 2 is 2.23 bits per heavy atom. The normalized spacial score (nSPS) is 20.7. The third-order valence-electron chi connectivity index (χ3n) is 2.45. The number of rotatable bonds is 0. The zero-order valence-corrected chi connectivity index (χ0v) is 8.17. The largest absolute Gasteiger partial charge is 0.334 e. The second-order valence-electron chi connectivity index (χ2n) is 3.16. The molecule has 0 saturated carbocycles. The van der Waals surface area contributed by atoms with Gasteiger partial charge in [-0.2, -0.15) is 0 Å². The summed E-state index contributed by atoms with van der Waals surface area (Å²) in [6.45, 7) is 1.97. The quantitative estimate of drug-likeness (QED) is 0.594. The van der Waals surface area contributed by atoms with Crippen LogP contribution in [0.4, 0.5) is 0 Å². The van der Waals surface area contributed by atoms with E-state index in [4.69, 9.17) is 11.6 Å². The van der Waals surface area contributed by atoms with E-state index >= 15 is 0 Å². The first-order chi connectivity index (χ1) is 6.11. The molecule has 4 heteroatoms. The second kappa shape index (κ2) is 2.70. The van der Waals surface area contributed by atoms with Crippen LogP contribution in [0.2, 0.25) is 5.15 Å². The highest BCUT2D eigenvalue weighted by atomic mass is 35.5. The van der Waals surface area contributed by atoms with Crippen LogP contribution in [0.5, 0.6) is 0 Å². The van der Waals surface area contributed by atoms with Gasteiger partial charge in [-0.15, -0.1) is 0 Å². The SMILES string of the molecule is CC1c2ccc(Cl)nc2C(=O)N1C. The summed E-state index contributed by atoms with van der Waals surface area (Å²) in [6, 6.07) is 3.67. The molecule has 1 aliphatic rings. The highest BCUT2D eigenvalue weighted by molar-refractivity contribution is 6.29. The molecule has 0 N–H and O–H groups in total. The van der Waals surface area contributed by atoms with Crippen molar-refractivity contribution in [2.45, 2.75) is 13.0 Å². The summed E-state index contributed by atoms with van der Waals surface area (Å²) in [5.74, 6) is -0.0509. The minimum absolute atomic E-state index is 0.0509. The molecule has 0 saturated heterocycles. The van der Waals surface area contributed by atoms with Gasteiger partial charge in [0.2, 0.25) is 0 Å². The van der Waals surface area contributed by atoms with Gasteiger partial charge in [-0.1, -0.05) is 17.7 Å². The predicted octanol–water partition coefficient (Wildman–Crippen LogP) is 1.88. The van der Waals surface area contributed by atoms with E-state index in [1.807, 2.05) is 13.0 Å². The van der Waals surface area contributed by atoms with Crippen LogP contribution in [0.1, 0.15) is 29.0 Å². The van der Waals surface area contributed by atoms with Gasteiger partial charge in [-0.25, -0.2) is 4.98 Å². The average Bonchev–Trinajstić information content (AvgIpc) is 2.32. The van der Waals surface area contributed by atoms with E-state index in [-0.39, 0.29) is 11.9 Å². The molecule has 0 radical (unpaired) electrons. The van der Waals surface area contributed by atoms with Gasteiger partial charge in [-0.05, 0) is 13.0 Å². The third-order valence-corrected chi connectivity index (χ3v) is 2.66. The van der Waals surface area contributed by atoms with Crippen molar-refractivity contribution in [2.24, 2.45) is 0 Å². The Hall–Kier alpha value is -1.09. The van der Waals surface area contributed by atoms with E-state index in [0.717, 1.165) is 5.56 Å². The Bertz CT molecular complexity index is 378. The Morgan fingerprint density at radius 3 is 2.92 bits per heavy atom. The van der Waals surface area contributed by atoms with Gasteiger partial charge in [0.15, 0.2) is 0 Å². The second-order valence-corrected chi connectivity index (χ2v) is 3.55. The highest BCUT2D eigenvalue weighted by Gasteiger charge is 2.32. The summed E-state index contributed by atoms with van der Waals surface area (Å²) in [6.07, 6.45) is 0. The van der Waals surface area contributed by atoms with Crippen LogP contribution in [0.15, 0.2) is 12.1 Å². The fourth-order valence-corrected chi connectivity index (χ4v) is 1.65. The van der Waals surface area contributed by atoms with Crippen molar-refractivity contribution in [1.29, 1.82) is 0 Å². The molecule has 0 aliphatic carbocycles. The van der Waals surface area contributed by atoms with Gasteiger partial charge in [0.1, 0.15) is 10.8 Å². The number of nitrogens with zero attached hydrogens (tertiary/aromatic N) is 2. The lowest BCUT2D eigenvalue weighted by Crippen LogP contribution is -2.21. The maximum Gasteiger partial charge on any atom is 0.273 e. The standard InChI is InChI=1S/C9H9ClN2O/c1-5-6-3-4-7(10)11-8(6)9(13)12(5)2/h3-5H,1-2H3. The van der Waals surface area contributed by atoms with Crippen molar-refractivity contribution in [3.05, 3.63) is 28.5 Å². The first-order valence-electron chi connectivity index (χ1n) is 4.05. The van der Waals surface area contributed by atoms with Crippen molar-refractivity contribution in [3.63, 3.8) is 0 Å². The number of amides is 1. The van der Waals surface area contributed by atoms with E-state index in [2.05, 4.69) is 4.98 Å². The third kappa shape index (κ3) is 1.11. The van der Waals surface area contributed by atoms with E-state index < -0.39 is 0 Å². The minimum Gasteiger partial charge on any atom is -0.334 e. The molecule has 0 aromatic carbocycles. The number of carbonyl (C=O) groups excluding carboxylic acids is 1. The number of hydrogen-bond donors (Lipinski definition) is 0. The number of halogens is 1.